The van der Waals surface area contributed by atoms with Gasteiger partial charge in [0.25, 0.3) is 5.91 Å². The summed E-state index contributed by atoms with van der Waals surface area (Å²) >= 11 is 0. The maximum Gasteiger partial charge on any atom is 0.260 e. The number of rotatable bonds is 6. The summed E-state index contributed by atoms with van der Waals surface area (Å²) < 4.78 is 10.9. The standard InChI is InChI=1S/C19H23NO3/c1-14-10-11-17(18(12-14)22-4)23-13-19(21)20(3)15(2)16-8-6-5-7-9-16/h5-12,15H,13H2,1-4H3. The van der Waals surface area contributed by atoms with E-state index < -0.39 is 0 Å². The summed E-state index contributed by atoms with van der Waals surface area (Å²) in [5.74, 6) is 1.13. The minimum atomic E-state index is -0.0796. The molecule has 1 atom stereocenters. The number of carbonyl (C=O) groups excluding carboxylic acids is 1. The first-order chi connectivity index (χ1) is 11.0. The highest BCUT2D eigenvalue weighted by Crippen LogP contribution is 2.28. The van der Waals surface area contributed by atoms with Crippen molar-refractivity contribution in [1.29, 1.82) is 0 Å². The molecule has 2 aromatic rings. The zero-order valence-corrected chi connectivity index (χ0v) is 14.1. The number of hydrogen-bond acceptors (Lipinski definition) is 3. The normalized spacial score (nSPS) is 11.7. The Morgan fingerprint density at radius 3 is 2.48 bits per heavy atom. The molecule has 0 heterocycles. The average Bonchev–Trinajstić information content (AvgIpc) is 2.59. The Labute approximate surface area is 137 Å². The molecule has 1 amide bonds. The lowest BCUT2D eigenvalue weighted by molar-refractivity contribution is -0.134. The van der Waals surface area contributed by atoms with Gasteiger partial charge in [0.05, 0.1) is 13.2 Å². The molecule has 0 saturated carbocycles. The summed E-state index contributed by atoms with van der Waals surface area (Å²) in [6, 6.07) is 15.6. The molecule has 1 unspecified atom stereocenters. The summed E-state index contributed by atoms with van der Waals surface area (Å²) in [6.45, 7) is 3.96. The SMILES string of the molecule is COc1cc(C)ccc1OCC(=O)N(C)C(C)c1ccccc1. The molecule has 0 bridgehead atoms. The Morgan fingerprint density at radius 2 is 1.83 bits per heavy atom. The van der Waals surface area contributed by atoms with E-state index in [1.807, 2.05) is 62.4 Å². The van der Waals surface area contributed by atoms with Crippen molar-refractivity contribution < 1.29 is 14.3 Å². The molecule has 2 aromatic carbocycles. The van der Waals surface area contributed by atoms with Crippen LogP contribution in [0.3, 0.4) is 0 Å². The average molecular weight is 313 g/mol. The summed E-state index contributed by atoms with van der Waals surface area (Å²) in [5.41, 5.74) is 2.17. The molecule has 2 rings (SSSR count). The number of aryl methyl sites for hydroxylation is 1. The lowest BCUT2D eigenvalue weighted by Gasteiger charge is -2.25. The molecule has 4 heteroatoms. The minimum absolute atomic E-state index is 0.00721. The summed E-state index contributed by atoms with van der Waals surface area (Å²) in [7, 11) is 3.38. The molecule has 0 aliphatic carbocycles. The predicted molar refractivity (Wildman–Crippen MR) is 90.9 cm³/mol. The fourth-order valence-electron chi connectivity index (χ4n) is 2.31. The van der Waals surface area contributed by atoms with E-state index in [-0.39, 0.29) is 18.6 Å². The quantitative estimate of drug-likeness (QED) is 0.818. The van der Waals surface area contributed by atoms with E-state index in [1.165, 1.54) is 0 Å². The van der Waals surface area contributed by atoms with Crippen LogP contribution in [-0.2, 0) is 4.79 Å². The van der Waals surface area contributed by atoms with Crippen LogP contribution in [-0.4, -0.2) is 31.6 Å². The molecule has 4 nitrogen and oxygen atoms in total. The Bertz CT molecular complexity index is 655. The smallest absolute Gasteiger partial charge is 0.260 e. The molecule has 0 fully saturated rings. The highest BCUT2D eigenvalue weighted by molar-refractivity contribution is 5.78. The number of carbonyl (C=O) groups is 1. The fourth-order valence-corrected chi connectivity index (χ4v) is 2.31. The highest BCUT2D eigenvalue weighted by atomic mass is 16.5. The predicted octanol–water partition coefficient (Wildman–Crippen LogP) is 3.60. The van der Waals surface area contributed by atoms with Gasteiger partial charge in [-0.1, -0.05) is 36.4 Å². The third-order valence-corrected chi connectivity index (χ3v) is 3.93. The second kappa shape index (κ2) is 7.68. The molecule has 0 saturated heterocycles. The molecule has 122 valence electrons. The van der Waals surface area contributed by atoms with Crippen molar-refractivity contribution in [3.8, 4) is 11.5 Å². The first-order valence-electron chi connectivity index (χ1n) is 7.61. The van der Waals surface area contributed by atoms with Gasteiger partial charge in [-0.2, -0.15) is 0 Å². The second-order valence-electron chi connectivity index (χ2n) is 5.53. The van der Waals surface area contributed by atoms with Gasteiger partial charge >= 0.3 is 0 Å². The Kier molecular flexibility index (Phi) is 5.63. The van der Waals surface area contributed by atoms with Crippen LogP contribution in [0.4, 0.5) is 0 Å². The van der Waals surface area contributed by atoms with Crippen molar-refractivity contribution in [1.82, 2.24) is 4.90 Å². The molecular weight excluding hydrogens is 290 g/mol. The second-order valence-corrected chi connectivity index (χ2v) is 5.53. The molecular formula is C19H23NO3. The van der Waals surface area contributed by atoms with Gasteiger partial charge in [-0.3, -0.25) is 4.79 Å². The van der Waals surface area contributed by atoms with Gasteiger partial charge in [-0.15, -0.1) is 0 Å². The lowest BCUT2D eigenvalue weighted by atomic mass is 10.1. The van der Waals surface area contributed by atoms with Gasteiger partial charge in [-0.05, 0) is 37.1 Å². The molecule has 0 aliphatic rings. The van der Waals surface area contributed by atoms with Crippen LogP contribution in [0.25, 0.3) is 0 Å². The zero-order valence-electron chi connectivity index (χ0n) is 14.1. The van der Waals surface area contributed by atoms with Crippen molar-refractivity contribution in [2.45, 2.75) is 19.9 Å². The maximum atomic E-state index is 12.4. The van der Waals surface area contributed by atoms with Gasteiger partial charge in [0, 0.05) is 7.05 Å². The number of likely N-dealkylation sites (N-methyl/N-ethyl adjacent to an activating group) is 1. The number of amides is 1. The van der Waals surface area contributed by atoms with Gasteiger partial charge in [-0.25, -0.2) is 0 Å². The van der Waals surface area contributed by atoms with Crippen LogP contribution in [0.15, 0.2) is 48.5 Å². The molecule has 0 aliphatic heterocycles. The monoisotopic (exact) mass is 313 g/mol. The summed E-state index contributed by atoms with van der Waals surface area (Å²) in [5, 5.41) is 0. The number of benzene rings is 2. The van der Waals surface area contributed by atoms with Crippen molar-refractivity contribution >= 4 is 5.91 Å². The van der Waals surface area contributed by atoms with E-state index in [0.717, 1.165) is 11.1 Å². The van der Waals surface area contributed by atoms with E-state index in [2.05, 4.69) is 0 Å². The third-order valence-electron chi connectivity index (χ3n) is 3.93. The molecule has 0 spiro atoms. The van der Waals surface area contributed by atoms with Crippen LogP contribution < -0.4 is 9.47 Å². The Morgan fingerprint density at radius 1 is 1.13 bits per heavy atom. The Balaban J connectivity index is 1.99. The number of nitrogens with zero attached hydrogens (tertiary/aromatic N) is 1. The van der Waals surface area contributed by atoms with Gasteiger partial charge in [0.1, 0.15) is 0 Å². The number of hydrogen-bond donors (Lipinski definition) is 0. The summed E-state index contributed by atoms with van der Waals surface area (Å²) in [6.07, 6.45) is 0. The first kappa shape index (κ1) is 16.9. The van der Waals surface area contributed by atoms with Crippen molar-refractivity contribution in [3.63, 3.8) is 0 Å². The highest BCUT2D eigenvalue weighted by Gasteiger charge is 2.18. The van der Waals surface area contributed by atoms with E-state index in [1.54, 1.807) is 19.1 Å². The third kappa shape index (κ3) is 4.25. The molecule has 0 N–H and O–H groups in total. The van der Waals surface area contributed by atoms with E-state index in [9.17, 15) is 4.79 Å². The van der Waals surface area contributed by atoms with E-state index >= 15 is 0 Å². The lowest BCUT2D eigenvalue weighted by Crippen LogP contribution is -2.33. The van der Waals surface area contributed by atoms with Crippen molar-refractivity contribution in [2.75, 3.05) is 20.8 Å². The largest absolute Gasteiger partial charge is 0.493 e. The maximum absolute atomic E-state index is 12.4. The molecule has 0 radical (unpaired) electrons. The molecule has 23 heavy (non-hydrogen) atoms. The van der Waals surface area contributed by atoms with E-state index in [0.29, 0.717) is 11.5 Å². The van der Waals surface area contributed by atoms with Gasteiger partial charge in [0.15, 0.2) is 18.1 Å². The van der Waals surface area contributed by atoms with Crippen molar-refractivity contribution in [2.24, 2.45) is 0 Å². The minimum Gasteiger partial charge on any atom is -0.493 e. The fraction of sp³-hybridized carbons (Fsp3) is 0.316. The van der Waals surface area contributed by atoms with Crippen LogP contribution in [0, 0.1) is 6.92 Å². The van der Waals surface area contributed by atoms with E-state index in [4.69, 9.17) is 9.47 Å². The van der Waals surface area contributed by atoms with Crippen molar-refractivity contribution in [3.05, 3.63) is 59.7 Å². The topological polar surface area (TPSA) is 38.8 Å². The molecule has 0 aromatic heterocycles. The summed E-state index contributed by atoms with van der Waals surface area (Å²) in [4.78, 5) is 14.0. The van der Waals surface area contributed by atoms with Gasteiger partial charge < -0.3 is 14.4 Å². The van der Waals surface area contributed by atoms with Crippen LogP contribution in [0.2, 0.25) is 0 Å². The number of methoxy groups -OCH3 is 1. The Hall–Kier alpha value is -2.49. The van der Waals surface area contributed by atoms with Gasteiger partial charge in [0.2, 0.25) is 0 Å². The van der Waals surface area contributed by atoms with Crippen LogP contribution >= 0.6 is 0 Å². The van der Waals surface area contributed by atoms with Crippen LogP contribution in [0.1, 0.15) is 24.1 Å². The zero-order chi connectivity index (χ0) is 16.8. The van der Waals surface area contributed by atoms with Crippen LogP contribution in [0.5, 0.6) is 11.5 Å². The first-order valence-corrected chi connectivity index (χ1v) is 7.61. The number of ether oxygens (including phenoxy) is 2.